The predicted octanol–water partition coefficient (Wildman–Crippen LogP) is 2.86. The van der Waals surface area contributed by atoms with E-state index in [1.807, 2.05) is 25.1 Å². The molecule has 0 radical (unpaired) electrons. The van der Waals surface area contributed by atoms with Gasteiger partial charge >= 0.3 is 5.97 Å². The van der Waals surface area contributed by atoms with Gasteiger partial charge in [0, 0.05) is 12.2 Å². The lowest BCUT2D eigenvalue weighted by Crippen LogP contribution is -2.45. The number of ether oxygens (including phenoxy) is 2. The molecule has 1 aromatic carbocycles. The maximum absolute atomic E-state index is 12.5. The molecule has 5 heteroatoms. The van der Waals surface area contributed by atoms with Crippen molar-refractivity contribution in [2.45, 2.75) is 33.8 Å². The van der Waals surface area contributed by atoms with Crippen LogP contribution in [0.4, 0.5) is 5.69 Å². The standard InChI is InChI=1S/C18H23NO4/c1-5-22-18(21)9-8-17(20)19-11-16(12(2)3)23-15-10-13(4)6-7-14(15)19/h6-10,12,16H,5,11H2,1-4H3/b9-8+. The number of hydrogen-bond donors (Lipinski definition) is 0. The first kappa shape index (κ1) is 17.1. The van der Waals surface area contributed by atoms with Gasteiger partial charge in [0.2, 0.25) is 0 Å². The lowest BCUT2D eigenvalue weighted by atomic mass is 10.0. The molecule has 1 aliphatic rings. The highest BCUT2D eigenvalue weighted by Gasteiger charge is 2.30. The largest absolute Gasteiger partial charge is 0.486 e. The monoisotopic (exact) mass is 317 g/mol. The van der Waals surface area contributed by atoms with E-state index in [9.17, 15) is 9.59 Å². The van der Waals surface area contributed by atoms with Crippen LogP contribution in [0.25, 0.3) is 0 Å². The van der Waals surface area contributed by atoms with Crippen molar-refractivity contribution in [1.82, 2.24) is 0 Å². The van der Waals surface area contributed by atoms with E-state index in [1.165, 1.54) is 12.2 Å². The number of rotatable bonds is 4. The second kappa shape index (κ2) is 7.31. The van der Waals surface area contributed by atoms with Gasteiger partial charge in [-0.25, -0.2) is 4.79 Å². The van der Waals surface area contributed by atoms with Crippen LogP contribution >= 0.6 is 0 Å². The fraction of sp³-hybridized carbons (Fsp3) is 0.444. The SMILES string of the molecule is CCOC(=O)/C=C/C(=O)N1CC(C(C)C)Oc2cc(C)ccc21. The summed E-state index contributed by atoms with van der Waals surface area (Å²) in [4.78, 5) is 25.5. The average molecular weight is 317 g/mol. The van der Waals surface area contributed by atoms with E-state index < -0.39 is 5.97 Å². The summed E-state index contributed by atoms with van der Waals surface area (Å²) in [5.74, 6) is 0.205. The number of fused-ring (bicyclic) bond motifs is 1. The molecule has 0 bridgehead atoms. The van der Waals surface area contributed by atoms with Gasteiger partial charge in [-0.2, -0.15) is 0 Å². The van der Waals surface area contributed by atoms with E-state index in [-0.39, 0.29) is 24.5 Å². The van der Waals surface area contributed by atoms with Crippen molar-refractivity contribution >= 4 is 17.6 Å². The topological polar surface area (TPSA) is 55.8 Å². The number of aryl methyl sites for hydroxylation is 1. The maximum atomic E-state index is 12.5. The third-order valence-electron chi connectivity index (χ3n) is 3.71. The maximum Gasteiger partial charge on any atom is 0.330 e. The number of hydrogen-bond acceptors (Lipinski definition) is 4. The van der Waals surface area contributed by atoms with E-state index in [4.69, 9.17) is 9.47 Å². The molecule has 1 atom stereocenters. The van der Waals surface area contributed by atoms with E-state index in [0.29, 0.717) is 12.3 Å². The molecule has 23 heavy (non-hydrogen) atoms. The predicted molar refractivity (Wildman–Crippen MR) is 88.6 cm³/mol. The van der Waals surface area contributed by atoms with Crippen molar-refractivity contribution in [3.05, 3.63) is 35.9 Å². The van der Waals surface area contributed by atoms with Crippen LogP contribution in [0.5, 0.6) is 5.75 Å². The Balaban J connectivity index is 2.26. The van der Waals surface area contributed by atoms with Crippen LogP contribution in [0, 0.1) is 12.8 Å². The highest BCUT2D eigenvalue weighted by molar-refractivity contribution is 6.05. The summed E-state index contributed by atoms with van der Waals surface area (Å²) in [5.41, 5.74) is 1.80. The van der Waals surface area contributed by atoms with Crippen molar-refractivity contribution < 1.29 is 19.1 Å². The van der Waals surface area contributed by atoms with Crippen LogP contribution in [0.2, 0.25) is 0 Å². The Kier molecular flexibility index (Phi) is 5.42. The number of carbonyl (C=O) groups excluding carboxylic acids is 2. The zero-order chi connectivity index (χ0) is 17.0. The molecule has 1 aliphatic heterocycles. The Morgan fingerprint density at radius 3 is 2.78 bits per heavy atom. The summed E-state index contributed by atoms with van der Waals surface area (Å²) < 4.78 is 10.8. The first-order valence-corrected chi connectivity index (χ1v) is 7.86. The van der Waals surface area contributed by atoms with Gasteiger partial charge in [-0.05, 0) is 37.5 Å². The number of amides is 1. The smallest absolute Gasteiger partial charge is 0.330 e. The summed E-state index contributed by atoms with van der Waals surface area (Å²) in [7, 11) is 0. The minimum atomic E-state index is -0.515. The molecular formula is C18H23NO4. The van der Waals surface area contributed by atoms with E-state index in [0.717, 1.165) is 11.3 Å². The normalized spacial score (nSPS) is 17.1. The first-order valence-electron chi connectivity index (χ1n) is 7.86. The second-order valence-electron chi connectivity index (χ2n) is 5.91. The number of anilines is 1. The van der Waals surface area contributed by atoms with Gasteiger partial charge in [0.25, 0.3) is 5.91 Å². The number of benzene rings is 1. The fourth-order valence-corrected chi connectivity index (χ4v) is 2.39. The zero-order valence-electron chi connectivity index (χ0n) is 14.0. The summed E-state index contributed by atoms with van der Waals surface area (Å²) in [5, 5.41) is 0. The first-order chi connectivity index (χ1) is 10.9. The molecule has 1 aromatic rings. The molecule has 0 saturated carbocycles. The Morgan fingerprint density at radius 1 is 1.39 bits per heavy atom. The molecule has 0 saturated heterocycles. The molecule has 2 rings (SSSR count). The molecule has 0 aromatic heterocycles. The minimum absolute atomic E-state index is 0.0794. The van der Waals surface area contributed by atoms with Crippen LogP contribution in [-0.4, -0.2) is 31.1 Å². The lowest BCUT2D eigenvalue weighted by Gasteiger charge is -2.36. The Morgan fingerprint density at radius 2 is 2.13 bits per heavy atom. The molecule has 1 unspecified atom stereocenters. The van der Waals surface area contributed by atoms with Gasteiger partial charge < -0.3 is 14.4 Å². The van der Waals surface area contributed by atoms with Gasteiger partial charge in [0.05, 0.1) is 18.8 Å². The lowest BCUT2D eigenvalue weighted by molar-refractivity contribution is -0.137. The Bertz CT molecular complexity index is 621. The van der Waals surface area contributed by atoms with Crippen molar-refractivity contribution in [1.29, 1.82) is 0 Å². The van der Waals surface area contributed by atoms with Crippen molar-refractivity contribution in [2.75, 3.05) is 18.1 Å². The van der Waals surface area contributed by atoms with Crippen LogP contribution in [0.1, 0.15) is 26.3 Å². The highest BCUT2D eigenvalue weighted by atomic mass is 16.5. The highest BCUT2D eigenvalue weighted by Crippen LogP contribution is 2.35. The third-order valence-corrected chi connectivity index (χ3v) is 3.71. The van der Waals surface area contributed by atoms with E-state index >= 15 is 0 Å². The molecular weight excluding hydrogens is 294 g/mol. The van der Waals surface area contributed by atoms with E-state index in [1.54, 1.807) is 11.8 Å². The van der Waals surface area contributed by atoms with Gasteiger partial charge in [-0.15, -0.1) is 0 Å². The van der Waals surface area contributed by atoms with Crippen molar-refractivity contribution in [3.63, 3.8) is 0 Å². The van der Waals surface area contributed by atoms with Crippen LogP contribution < -0.4 is 9.64 Å². The zero-order valence-corrected chi connectivity index (χ0v) is 14.0. The molecule has 0 aliphatic carbocycles. The summed E-state index contributed by atoms with van der Waals surface area (Å²) >= 11 is 0. The second-order valence-corrected chi connectivity index (χ2v) is 5.91. The van der Waals surface area contributed by atoms with Crippen LogP contribution in [0.15, 0.2) is 30.4 Å². The molecule has 1 heterocycles. The van der Waals surface area contributed by atoms with Crippen molar-refractivity contribution in [2.24, 2.45) is 5.92 Å². The Hall–Kier alpha value is -2.30. The molecule has 1 amide bonds. The minimum Gasteiger partial charge on any atom is -0.486 e. The summed E-state index contributed by atoms with van der Waals surface area (Å²) in [6.07, 6.45) is 2.34. The number of nitrogens with zero attached hydrogens (tertiary/aromatic N) is 1. The Labute approximate surface area is 136 Å². The third kappa shape index (κ3) is 4.12. The van der Waals surface area contributed by atoms with Crippen LogP contribution in [0.3, 0.4) is 0 Å². The average Bonchev–Trinajstić information content (AvgIpc) is 2.51. The summed E-state index contributed by atoms with van der Waals surface area (Å²) in [6.45, 7) is 8.56. The van der Waals surface area contributed by atoms with Gasteiger partial charge in [0.15, 0.2) is 0 Å². The summed E-state index contributed by atoms with van der Waals surface area (Å²) in [6, 6.07) is 5.74. The number of carbonyl (C=O) groups is 2. The van der Waals surface area contributed by atoms with Crippen molar-refractivity contribution in [3.8, 4) is 5.75 Å². The quantitative estimate of drug-likeness (QED) is 0.633. The van der Waals surface area contributed by atoms with Gasteiger partial charge in [-0.1, -0.05) is 19.9 Å². The molecule has 0 N–H and O–H groups in total. The van der Waals surface area contributed by atoms with E-state index in [2.05, 4.69) is 13.8 Å². The van der Waals surface area contributed by atoms with Gasteiger partial charge in [0.1, 0.15) is 11.9 Å². The van der Waals surface area contributed by atoms with Gasteiger partial charge in [-0.3, -0.25) is 4.79 Å². The molecule has 5 nitrogen and oxygen atoms in total. The molecule has 0 fully saturated rings. The molecule has 124 valence electrons. The number of esters is 1. The van der Waals surface area contributed by atoms with Crippen LogP contribution in [-0.2, 0) is 14.3 Å². The molecule has 0 spiro atoms. The fourth-order valence-electron chi connectivity index (χ4n) is 2.39.